The third-order valence-corrected chi connectivity index (χ3v) is 6.49. The summed E-state index contributed by atoms with van der Waals surface area (Å²) in [5.41, 5.74) is 3.18. The molecule has 0 saturated carbocycles. The molecular weight excluding hydrogens is 471 g/mol. The van der Waals surface area contributed by atoms with E-state index in [-0.39, 0.29) is 17.6 Å². The second kappa shape index (κ2) is 11.7. The highest BCUT2D eigenvalue weighted by Crippen LogP contribution is 2.33. The standard InChI is InChI=1S/C26H30ClFN4O3/c1-19(33)29-24-17-23(27)25(31-12-14-35-15-13-31)16-21(24)4-7-26(34)32-10-8-30(9-11-32)18-20-2-5-22(28)6-3-20/h2-7,16-17H,8-15,18H2,1H3,(H,29,33)/b7-4+. The van der Waals surface area contributed by atoms with Crippen LogP contribution in [0.25, 0.3) is 6.08 Å². The Morgan fingerprint density at radius 1 is 1.06 bits per heavy atom. The highest BCUT2D eigenvalue weighted by atomic mass is 35.5. The molecule has 0 unspecified atom stereocenters. The van der Waals surface area contributed by atoms with E-state index in [0.29, 0.717) is 37.0 Å². The number of rotatable bonds is 6. The number of carbonyl (C=O) groups excluding carboxylic acids is 2. The molecule has 2 aromatic rings. The van der Waals surface area contributed by atoms with Crippen LogP contribution in [0.1, 0.15) is 18.1 Å². The van der Waals surface area contributed by atoms with Gasteiger partial charge < -0.3 is 19.9 Å². The zero-order valence-corrected chi connectivity index (χ0v) is 20.6. The summed E-state index contributed by atoms with van der Waals surface area (Å²) in [5.74, 6) is -0.531. The van der Waals surface area contributed by atoms with Gasteiger partial charge in [0.05, 0.1) is 23.9 Å². The second-order valence-corrected chi connectivity index (χ2v) is 9.14. The van der Waals surface area contributed by atoms with E-state index in [1.807, 2.05) is 11.0 Å². The maximum Gasteiger partial charge on any atom is 0.246 e. The molecule has 7 nitrogen and oxygen atoms in total. The maximum atomic E-state index is 13.1. The van der Waals surface area contributed by atoms with E-state index in [0.717, 1.165) is 49.5 Å². The summed E-state index contributed by atoms with van der Waals surface area (Å²) in [6.45, 7) is 7.59. The van der Waals surface area contributed by atoms with Gasteiger partial charge in [0.1, 0.15) is 5.82 Å². The van der Waals surface area contributed by atoms with Crippen LogP contribution in [-0.2, 0) is 20.9 Å². The van der Waals surface area contributed by atoms with Gasteiger partial charge in [-0.05, 0) is 35.9 Å². The van der Waals surface area contributed by atoms with Crippen molar-refractivity contribution in [1.29, 1.82) is 0 Å². The van der Waals surface area contributed by atoms with Crippen molar-refractivity contribution in [2.45, 2.75) is 13.5 Å². The largest absolute Gasteiger partial charge is 0.378 e. The lowest BCUT2D eigenvalue weighted by molar-refractivity contribution is -0.127. The number of amides is 2. The third kappa shape index (κ3) is 6.81. The number of morpholine rings is 1. The number of anilines is 2. The predicted molar refractivity (Wildman–Crippen MR) is 136 cm³/mol. The summed E-state index contributed by atoms with van der Waals surface area (Å²) in [6, 6.07) is 10.2. The van der Waals surface area contributed by atoms with E-state index in [1.54, 1.807) is 30.4 Å². The molecule has 35 heavy (non-hydrogen) atoms. The Kier molecular flexibility index (Phi) is 8.38. The maximum absolute atomic E-state index is 13.1. The van der Waals surface area contributed by atoms with Crippen LogP contribution in [0, 0.1) is 5.82 Å². The number of hydrogen-bond acceptors (Lipinski definition) is 5. The summed E-state index contributed by atoms with van der Waals surface area (Å²) in [7, 11) is 0. The summed E-state index contributed by atoms with van der Waals surface area (Å²) in [5, 5.41) is 3.35. The number of hydrogen-bond donors (Lipinski definition) is 1. The van der Waals surface area contributed by atoms with Crippen LogP contribution in [0.4, 0.5) is 15.8 Å². The van der Waals surface area contributed by atoms with Gasteiger partial charge in [-0.3, -0.25) is 14.5 Å². The zero-order chi connectivity index (χ0) is 24.8. The van der Waals surface area contributed by atoms with E-state index in [9.17, 15) is 14.0 Å². The fourth-order valence-corrected chi connectivity index (χ4v) is 4.58. The van der Waals surface area contributed by atoms with Gasteiger partial charge in [-0.1, -0.05) is 23.7 Å². The Balaban J connectivity index is 1.41. The fourth-order valence-electron chi connectivity index (χ4n) is 4.30. The summed E-state index contributed by atoms with van der Waals surface area (Å²) >= 11 is 6.53. The smallest absolute Gasteiger partial charge is 0.246 e. The third-order valence-electron chi connectivity index (χ3n) is 6.19. The van der Waals surface area contributed by atoms with E-state index >= 15 is 0 Å². The number of piperazine rings is 1. The van der Waals surface area contributed by atoms with Crippen LogP contribution < -0.4 is 10.2 Å². The Morgan fingerprint density at radius 2 is 1.74 bits per heavy atom. The van der Waals surface area contributed by atoms with Gasteiger partial charge in [0.25, 0.3) is 0 Å². The van der Waals surface area contributed by atoms with E-state index < -0.39 is 0 Å². The van der Waals surface area contributed by atoms with Gasteiger partial charge in [0.2, 0.25) is 11.8 Å². The molecule has 2 fully saturated rings. The predicted octanol–water partition coefficient (Wildman–Crippen LogP) is 3.63. The van der Waals surface area contributed by atoms with Crippen LogP contribution in [0.5, 0.6) is 0 Å². The Labute approximate surface area is 210 Å². The summed E-state index contributed by atoms with van der Waals surface area (Å²) < 4.78 is 18.6. The molecule has 2 aliphatic heterocycles. The molecule has 2 amide bonds. The average Bonchev–Trinajstić information content (AvgIpc) is 2.85. The quantitative estimate of drug-likeness (QED) is 0.614. The molecule has 2 heterocycles. The van der Waals surface area contributed by atoms with Gasteiger partial charge in [-0.15, -0.1) is 0 Å². The van der Waals surface area contributed by atoms with Crippen LogP contribution in [0.3, 0.4) is 0 Å². The van der Waals surface area contributed by atoms with Crippen LogP contribution in [0.2, 0.25) is 5.02 Å². The molecule has 9 heteroatoms. The van der Waals surface area contributed by atoms with Crippen molar-refractivity contribution in [3.8, 4) is 0 Å². The minimum absolute atomic E-state index is 0.0805. The zero-order valence-electron chi connectivity index (χ0n) is 19.8. The minimum Gasteiger partial charge on any atom is -0.378 e. The minimum atomic E-state index is -0.240. The van der Waals surface area contributed by atoms with E-state index in [1.165, 1.54) is 19.1 Å². The van der Waals surface area contributed by atoms with Gasteiger partial charge in [-0.25, -0.2) is 4.39 Å². The van der Waals surface area contributed by atoms with Crippen molar-refractivity contribution in [1.82, 2.24) is 9.80 Å². The number of nitrogens with zero attached hydrogens (tertiary/aromatic N) is 3. The summed E-state index contributed by atoms with van der Waals surface area (Å²) in [4.78, 5) is 30.8. The number of halogens is 2. The highest BCUT2D eigenvalue weighted by molar-refractivity contribution is 6.33. The van der Waals surface area contributed by atoms with Gasteiger partial charge in [0.15, 0.2) is 0 Å². The first-order valence-corrected chi connectivity index (χ1v) is 12.1. The first-order valence-electron chi connectivity index (χ1n) is 11.8. The summed E-state index contributed by atoms with van der Waals surface area (Å²) in [6.07, 6.45) is 3.28. The number of benzene rings is 2. The Morgan fingerprint density at radius 3 is 2.40 bits per heavy atom. The average molecular weight is 501 g/mol. The molecule has 4 rings (SSSR count). The molecular formula is C26H30ClFN4O3. The number of ether oxygens (including phenoxy) is 1. The Hall–Kier alpha value is -2.94. The molecule has 0 aromatic heterocycles. The second-order valence-electron chi connectivity index (χ2n) is 8.73. The molecule has 0 atom stereocenters. The first kappa shape index (κ1) is 25.2. The molecule has 2 aliphatic rings. The Bertz CT molecular complexity index is 1080. The molecule has 186 valence electrons. The molecule has 0 bridgehead atoms. The van der Waals surface area contributed by atoms with Crippen molar-refractivity contribution in [3.63, 3.8) is 0 Å². The first-order chi connectivity index (χ1) is 16.9. The lowest BCUT2D eigenvalue weighted by Gasteiger charge is -2.34. The van der Waals surface area contributed by atoms with E-state index in [4.69, 9.17) is 16.3 Å². The van der Waals surface area contributed by atoms with Crippen molar-refractivity contribution in [2.75, 3.05) is 62.7 Å². The van der Waals surface area contributed by atoms with Gasteiger partial charge in [0, 0.05) is 70.1 Å². The molecule has 0 radical (unpaired) electrons. The fraction of sp³-hybridized carbons (Fsp3) is 0.385. The lowest BCUT2D eigenvalue weighted by Crippen LogP contribution is -2.47. The lowest BCUT2D eigenvalue weighted by atomic mass is 10.1. The molecule has 2 aromatic carbocycles. The van der Waals surface area contributed by atoms with Crippen LogP contribution in [0.15, 0.2) is 42.5 Å². The van der Waals surface area contributed by atoms with Crippen molar-refractivity contribution in [3.05, 3.63) is 64.4 Å². The topological polar surface area (TPSA) is 65.1 Å². The van der Waals surface area contributed by atoms with E-state index in [2.05, 4.69) is 15.1 Å². The number of carbonyl (C=O) groups is 2. The normalized spacial score (nSPS) is 17.1. The highest BCUT2D eigenvalue weighted by Gasteiger charge is 2.21. The molecule has 0 spiro atoms. The number of nitrogens with one attached hydrogen (secondary N) is 1. The molecule has 1 N–H and O–H groups in total. The molecule has 2 saturated heterocycles. The van der Waals surface area contributed by atoms with Crippen molar-refractivity contribution in [2.24, 2.45) is 0 Å². The monoisotopic (exact) mass is 500 g/mol. The van der Waals surface area contributed by atoms with Crippen molar-refractivity contribution < 1.29 is 18.7 Å². The van der Waals surface area contributed by atoms with Crippen molar-refractivity contribution >= 4 is 40.9 Å². The van der Waals surface area contributed by atoms with Crippen LogP contribution >= 0.6 is 11.6 Å². The molecule has 0 aliphatic carbocycles. The van der Waals surface area contributed by atoms with Crippen LogP contribution in [-0.4, -0.2) is 74.1 Å². The SMILES string of the molecule is CC(=O)Nc1cc(Cl)c(N2CCOCC2)cc1/C=C/C(=O)N1CCN(Cc2ccc(F)cc2)CC1. The van der Waals surface area contributed by atoms with Gasteiger partial charge in [-0.2, -0.15) is 0 Å². The van der Waals surface area contributed by atoms with Gasteiger partial charge >= 0.3 is 0 Å².